The van der Waals surface area contributed by atoms with E-state index in [0.717, 1.165) is 12.8 Å². The van der Waals surface area contributed by atoms with E-state index in [9.17, 15) is 0 Å². The molecule has 1 atom stereocenters. The molecule has 0 spiro atoms. The fourth-order valence-electron chi connectivity index (χ4n) is 2.52. The van der Waals surface area contributed by atoms with Crippen LogP contribution in [0, 0.1) is 0 Å². The van der Waals surface area contributed by atoms with E-state index in [1.165, 1.54) is 24.0 Å². The molecule has 0 amide bonds. The summed E-state index contributed by atoms with van der Waals surface area (Å²) in [4.78, 5) is 0. The van der Waals surface area contributed by atoms with E-state index < -0.39 is 8.32 Å². The van der Waals surface area contributed by atoms with Gasteiger partial charge in [-0.2, -0.15) is 0 Å². The molecule has 0 bridgehead atoms. The monoisotopic (exact) mass is 254 g/mol. The highest BCUT2D eigenvalue weighted by molar-refractivity contribution is 6.76. The van der Waals surface area contributed by atoms with Gasteiger partial charge in [-0.25, -0.2) is 0 Å². The molecule has 0 radical (unpaired) electrons. The van der Waals surface area contributed by atoms with Gasteiger partial charge in [0.15, 0.2) is 0 Å². The second-order valence-corrected chi connectivity index (χ2v) is 9.34. The summed E-state index contributed by atoms with van der Waals surface area (Å²) in [5.41, 5.74) is 5.02. The zero-order valence-corrected chi connectivity index (χ0v) is 12.9. The van der Waals surface area contributed by atoms with Crippen LogP contribution in [0.3, 0.4) is 0 Å². The summed E-state index contributed by atoms with van der Waals surface area (Å²) >= 11 is 0. The molecule has 1 aliphatic rings. The van der Waals surface area contributed by atoms with E-state index in [4.69, 9.17) is 9.16 Å². The van der Waals surface area contributed by atoms with Crippen molar-refractivity contribution in [2.75, 3.05) is 7.11 Å². The van der Waals surface area contributed by atoms with Crippen LogP contribution in [0.25, 0.3) is 0 Å². The third-order valence-corrected chi connectivity index (χ3v) is 5.11. The smallest absolute Gasteiger partial charge is 0.211 e. The van der Waals surface area contributed by atoms with Gasteiger partial charge in [0.1, 0.15) is 0 Å². The van der Waals surface area contributed by atoms with Crippen molar-refractivity contribution in [3.63, 3.8) is 0 Å². The van der Waals surface area contributed by atoms with Crippen LogP contribution in [0.15, 0.2) is 23.1 Å². The summed E-state index contributed by atoms with van der Waals surface area (Å²) in [6, 6.07) is 0. The third kappa shape index (κ3) is 5.09. The van der Waals surface area contributed by atoms with E-state index in [1.807, 2.05) is 6.26 Å². The van der Waals surface area contributed by atoms with Crippen molar-refractivity contribution in [1.29, 1.82) is 0 Å². The molecule has 0 aromatic rings. The van der Waals surface area contributed by atoms with E-state index in [2.05, 4.69) is 32.6 Å². The molecule has 0 aliphatic heterocycles. The van der Waals surface area contributed by atoms with E-state index in [0.29, 0.717) is 0 Å². The number of hydrogen-bond donors (Lipinski definition) is 0. The van der Waals surface area contributed by atoms with E-state index in [-0.39, 0.29) is 6.10 Å². The average Bonchev–Trinajstić information content (AvgIpc) is 2.18. The standard InChI is InChI=1S/C14H26O2Si/c1-12(2)11-17(4,5)16-14-9-7-6-8-13(14)10-15-3/h10-11,14H,6-9H2,1-5H3/b13-10+. The Morgan fingerprint density at radius 2 is 2.00 bits per heavy atom. The Balaban J connectivity index is 2.71. The first-order chi connectivity index (χ1) is 7.94. The van der Waals surface area contributed by atoms with Crippen LogP contribution in [0.2, 0.25) is 13.1 Å². The molecule has 0 aromatic carbocycles. The SMILES string of the molecule is CO/C=C1\CCCCC1O[Si](C)(C)C=C(C)C. The Morgan fingerprint density at radius 3 is 2.59 bits per heavy atom. The van der Waals surface area contributed by atoms with Crippen molar-refractivity contribution in [1.82, 2.24) is 0 Å². The van der Waals surface area contributed by atoms with Gasteiger partial charge < -0.3 is 9.16 Å². The van der Waals surface area contributed by atoms with Crippen LogP contribution < -0.4 is 0 Å². The lowest BCUT2D eigenvalue weighted by molar-refractivity contribution is 0.190. The molecule has 1 aliphatic carbocycles. The van der Waals surface area contributed by atoms with Gasteiger partial charge in [0, 0.05) is 0 Å². The van der Waals surface area contributed by atoms with Gasteiger partial charge in [-0.3, -0.25) is 0 Å². The van der Waals surface area contributed by atoms with Crippen LogP contribution in [0.1, 0.15) is 39.5 Å². The predicted octanol–water partition coefficient (Wildman–Crippen LogP) is 4.19. The first kappa shape index (κ1) is 14.5. The van der Waals surface area contributed by atoms with Gasteiger partial charge >= 0.3 is 0 Å². The summed E-state index contributed by atoms with van der Waals surface area (Å²) in [6.45, 7) is 8.81. The minimum absolute atomic E-state index is 0.279. The highest BCUT2D eigenvalue weighted by atomic mass is 28.4. The molecule has 2 nitrogen and oxygen atoms in total. The van der Waals surface area contributed by atoms with Gasteiger partial charge in [-0.15, -0.1) is 0 Å². The molecule has 1 rings (SSSR count). The van der Waals surface area contributed by atoms with Crippen molar-refractivity contribution >= 4 is 8.32 Å². The van der Waals surface area contributed by atoms with Crippen molar-refractivity contribution in [2.45, 2.75) is 58.7 Å². The molecule has 0 saturated heterocycles. The highest BCUT2D eigenvalue weighted by Gasteiger charge is 2.28. The van der Waals surface area contributed by atoms with E-state index in [1.54, 1.807) is 7.11 Å². The molecular formula is C14H26O2Si. The number of methoxy groups -OCH3 is 1. The number of ether oxygens (including phenoxy) is 1. The number of allylic oxidation sites excluding steroid dienone is 1. The molecule has 17 heavy (non-hydrogen) atoms. The largest absolute Gasteiger partial charge is 0.504 e. The molecule has 0 N–H and O–H groups in total. The summed E-state index contributed by atoms with van der Waals surface area (Å²) in [6.07, 6.45) is 6.96. The van der Waals surface area contributed by atoms with Gasteiger partial charge in [-0.1, -0.05) is 17.7 Å². The van der Waals surface area contributed by atoms with Crippen LogP contribution >= 0.6 is 0 Å². The highest BCUT2D eigenvalue weighted by Crippen LogP contribution is 2.29. The molecule has 3 heteroatoms. The van der Waals surface area contributed by atoms with Crippen LogP contribution in [0.4, 0.5) is 0 Å². The minimum atomic E-state index is -1.68. The van der Waals surface area contributed by atoms with Gasteiger partial charge in [0.05, 0.1) is 19.5 Å². The molecule has 0 heterocycles. The summed E-state index contributed by atoms with van der Waals surface area (Å²) in [5.74, 6) is 0. The third-order valence-electron chi connectivity index (χ3n) is 2.95. The Hall–Kier alpha value is -0.543. The average molecular weight is 254 g/mol. The summed E-state index contributed by atoms with van der Waals surface area (Å²) in [7, 11) is 0.0365. The van der Waals surface area contributed by atoms with Crippen LogP contribution in [0.5, 0.6) is 0 Å². The quantitative estimate of drug-likeness (QED) is 0.553. The zero-order valence-electron chi connectivity index (χ0n) is 11.9. The first-order valence-electron chi connectivity index (χ1n) is 6.50. The van der Waals surface area contributed by atoms with Crippen molar-refractivity contribution in [3.05, 3.63) is 23.1 Å². The molecule has 1 fully saturated rings. The van der Waals surface area contributed by atoms with Gasteiger partial charge in [0.2, 0.25) is 8.32 Å². The van der Waals surface area contributed by atoms with Crippen LogP contribution in [-0.4, -0.2) is 21.5 Å². The fraction of sp³-hybridized carbons (Fsp3) is 0.714. The minimum Gasteiger partial charge on any atom is -0.504 e. The molecular weight excluding hydrogens is 228 g/mol. The topological polar surface area (TPSA) is 18.5 Å². The molecule has 98 valence electrons. The van der Waals surface area contributed by atoms with Crippen molar-refractivity contribution < 1.29 is 9.16 Å². The molecule has 1 saturated carbocycles. The van der Waals surface area contributed by atoms with Crippen molar-refractivity contribution in [3.8, 4) is 0 Å². The van der Waals surface area contributed by atoms with Crippen molar-refractivity contribution in [2.24, 2.45) is 0 Å². The lowest BCUT2D eigenvalue weighted by atomic mass is 9.93. The normalized spacial score (nSPS) is 23.6. The Labute approximate surface area is 107 Å². The fourth-order valence-corrected chi connectivity index (χ4v) is 4.98. The molecule has 0 aromatic heterocycles. The zero-order chi connectivity index (χ0) is 12.9. The lowest BCUT2D eigenvalue weighted by Gasteiger charge is -2.32. The first-order valence-corrected chi connectivity index (χ1v) is 9.49. The Kier molecular flexibility index (Phi) is 5.47. The second kappa shape index (κ2) is 6.41. The second-order valence-electron chi connectivity index (χ2n) is 5.61. The maximum atomic E-state index is 6.37. The van der Waals surface area contributed by atoms with E-state index >= 15 is 0 Å². The predicted molar refractivity (Wildman–Crippen MR) is 75.3 cm³/mol. The van der Waals surface area contributed by atoms with Gasteiger partial charge in [-0.05, 0) is 51.8 Å². The summed E-state index contributed by atoms with van der Waals surface area (Å²) < 4.78 is 11.5. The molecule has 1 unspecified atom stereocenters. The Morgan fingerprint density at radius 1 is 1.29 bits per heavy atom. The lowest BCUT2D eigenvalue weighted by Crippen LogP contribution is -2.36. The van der Waals surface area contributed by atoms with Gasteiger partial charge in [0.25, 0.3) is 0 Å². The maximum absolute atomic E-state index is 6.37. The number of hydrogen-bond acceptors (Lipinski definition) is 2. The number of rotatable bonds is 4. The maximum Gasteiger partial charge on any atom is 0.211 e. The van der Waals surface area contributed by atoms with Crippen LogP contribution in [-0.2, 0) is 9.16 Å². The Bertz CT molecular complexity index is 301. The summed E-state index contributed by atoms with van der Waals surface area (Å²) in [5, 5.41) is 0.